The van der Waals surface area contributed by atoms with E-state index < -0.39 is 0 Å². The highest BCUT2D eigenvalue weighted by molar-refractivity contribution is 7.99. The van der Waals surface area contributed by atoms with Crippen LogP contribution >= 0.6 is 24.2 Å². The van der Waals surface area contributed by atoms with Crippen molar-refractivity contribution in [3.63, 3.8) is 0 Å². The maximum Gasteiger partial charge on any atom is 0.253 e. The van der Waals surface area contributed by atoms with Gasteiger partial charge in [0.25, 0.3) is 5.91 Å². The molecule has 1 aromatic rings. The molecule has 5 nitrogen and oxygen atoms in total. The van der Waals surface area contributed by atoms with Crippen LogP contribution in [0.15, 0.2) is 18.2 Å². The Kier molecular flexibility index (Phi) is 6.95. The Hall–Kier alpha value is -1.24. The number of carbonyl (C=O) groups excluding carboxylic acids is 2. The average Bonchev–Trinajstić information content (AvgIpc) is 3.11. The minimum Gasteiger partial charge on any atom is -0.337 e. The van der Waals surface area contributed by atoms with Crippen LogP contribution in [0.4, 0.5) is 5.69 Å². The van der Waals surface area contributed by atoms with E-state index in [0.717, 1.165) is 55.4 Å². The molecule has 2 saturated heterocycles. The molecule has 1 aromatic carbocycles. The molecule has 2 N–H and O–H groups in total. The molecule has 2 amide bonds. The second-order valence-electron chi connectivity index (χ2n) is 6.11. The van der Waals surface area contributed by atoms with Gasteiger partial charge in [0.05, 0.1) is 5.92 Å². The molecule has 132 valence electrons. The first-order chi connectivity index (χ1) is 11.1. The Morgan fingerprint density at radius 3 is 2.67 bits per heavy atom. The summed E-state index contributed by atoms with van der Waals surface area (Å²) in [5.41, 5.74) is 2.43. The molecule has 0 aromatic heterocycles. The van der Waals surface area contributed by atoms with Gasteiger partial charge in [-0.1, -0.05) is 0 Å². The van der Waals surface area contributed by atoms with Gasteiger partial charge in [0.2, 0.25) is 5.91 Å². The lowest BCUT2D eigenvalue weighted by Crippen LogP contribution is -2.37. The molecule has 3 rings (SSSR count). The minimum atomic E-state index is 0. The summed E-state index contributed by atoms with van der Waals surface area (Å²) in [5.74, 6) is 2.21. The Morgan fingerprint density at radius 2 is 2.04 bits per heavy atom. The molecule has 2 aliphatic heterocycles. The highest BCUT2D eigenvalue weighted by atomic mass is 35.5. The second-order valence-corrected chi connectivity index (χ2v) is 7.34. The van der Waals surface area contributed by atoms with Gasteiger partial charge in [-0.05, 0) is 43.7 Å². The zero-order chi connectivity index (χ0) is 16.2. The van der Waals surface area contributed by atoms with E-state index >= 15 is 0 Å². The van der Waals surface area contributed by atoms with Crippen LogP contribution in [0, 0.1) is 12.8 Å². The molecule has 0 saturated carbocycles. The lowest BCUT2D eigenvalue weighted by molar-refractivity contribution is -0.119. The van der Waals surface area contributed by atoms with Gasteiger partial charge in [-0.3, -0.25) is 9.59 Å². The first kappa shape index (κ1) is 19.1. The van der Waals surface area contributed by atoms with Crippen molar-refractivity contribution in [2.75, 3.05) is 43.0 Å². The number of halogens is 1. The van der Waals surface area contributed by atoms with Crippen LogP contribution in [0.3, 0.4) is 0 Å². The third kappa shape index (κ3) is 4.43. The summed E-state index contributed by atoms with van der Waals surface area (Å²) < 4.78 is 0. The topological polar surface area (TPSA) is 61.4 Å². The van der Waals surface area contributed by atoms with Crippen LogP contribution < -0.4 is 10.6 Å². The fourth-order valence-electron chi connectivity index (χ4n) is 3.00. The zero-order valence-corrected chi connectivity index (χ0v) is 15.5. The molecule has 2 aliphatic rings. The maximum absolute atomic E-state index is 12.5. The van der Waals surface area contributed by atoms with Gasteiger partial charge in [-0.25, -0.2) is 0 Å². The molecule has 2 heterocycles. The van der Waals surface area contributed by atoms with E-state index in [4.69, 9.17) is 0 Å². The number of carbonyl (C=O) groups is 2. The first-order valence-corrected chi connectivity index (χ1v) is 9.30. The van der Waals surface area contributed by atoms with Crippen molar-refractivity contribution in [2.45, 2.75) is 13.3 Å². The number of hydrogen-bond acceptors (Lipinski definition) is 4. The van der Waals surface area contributed by atoms with Crippen LogP contribution in [0.1, 0.15) is 22.3 Å². The van der Waals surface area contributed by atoms with Crippen LogP contribution in [0.25, 0.3) is 0 Å². The number of anilines is 1. The predicted molar refractivity (Wildman–Crippen MR) is 101 cm³/mol. The molecule has 7 heteroatoms. The number of benzene rings is 1. The van der Waals surface area contributed by atoms with Crippen molar-refractivity contribution in [1.82, 2.24) is 10.2 Å². The number of nitrogens with zero attached hydrogens (tertiary/aromatic N) is 1. The van der Waals surface area contributed by atoms with Crippen molar-refractivity contribution in [3.8, 4) is 0 Å². The normalized spacial score (nSPS) is 20.4. The fourth-order valence-corrected chi connectivity index (χ4v) is 3.90. The lowest BCUT2D eigenvalue weighted by Gasteiger charge is -2.26. The Morgan fingerprint density at radius 1 is 1.29 bits per heavy atom. The summed E-state index contributed by atoms with van der Waals surface area (Å²) in [4.78, 5) is 26.6. The van der Waals surface area contributed by atoms with E-state index in [1.54, 1.807) is 0 Å². The molecule has 0 bridgehead atoms. The van der Waals surface area contributed by atoms with Gasteiger partial charge in [0.1, 0.15) is 0 Å². The molecule has 1 unspecified atom stereocenters. The molecular formula is C17H24ClN3O2S. The summed E-state index contributed by atoms with van der Waals surface area (Å²) in [6.45, 7) is 5.21. The van der Waals surface area contributed by atoms with E-state index in [1.165, 1.54) is 0 Å². The van der Waals surface area contributed by atoms with Gasteiger partial charge in [0, 0.05) is 42.4 Å². The van der Waals surface area contributed by atoms with Gasteiger partial charge >= 0.3 is 0 Å². The minimum absolute atomic E-state index is 0. The molecule has 2 fully saturated rings. The van der Waals surface area contributed by atoms with Crippen LogP contribution in [0.5, 0.6) is 0 Å². The summed E-state index contributed by atoms with van der Waals surface area (Å²) in [5, 5.41) is 6.19. The summed E-state index contributed by atoms with van der Waals surface area (Å²) in [6, 6.07) is 5.55. The third-order valence-corrected chi connectivity index (χ3v) is 5.40. The van der Waals surface area contributed by atoms with Crippen LogP contribution in [-0.4, -0.2) is 54.4 Å². The monoisotopic (exact) mass is 369 g/mol. The molecular weight excluding hydrogens is 346 g/mol. The molecule has 1 atom stereocenters. The van der Waals surface area contributed by atoms with Gasteiger partial charge < -0.3 is 15.5 Å². The number of thioether (sulfide) groups is 1. The van der Waals surface area contributed by atoms with Crippen molar-refractivity contribution in [2.24, 2.45) is 5.92 Å². The van der Waals surface area contributed by atoms with Crippen molar-refractivity contribution < 1.29 is 9.59 Å². The first-order valence-electron chi connectivity index (χ1n) is 8.14. The number of hydrogen-bond donors (Lipinski definition) is 2. The van der Waals surface area contributed by atoms with E-state index in [2.05, 4.69) is 10.6 Å². The lowest BCUT2D eigenvalue weighted by atomic mass is 10.1. The van der Waals surface area contributed by atoms with E-state index in [-0.39, 0.29) is 30.1 Å². The maximum atomic E-state index is 12.5. The van der Waals surface area contributed by atoms with Gasteiger partial charge in [0.15, 0.2) is 0 Å². The molecule has 24 heavy (non-hydrogen) atoms. The number of nitrogens with one attached hydrogen (secondary N) is 2. The van der Waals surface area contributed by atoms with E-state index in [0.29, 0.717) is 5.56 Å². The summed E-state index contributed by atoms with van der Waals surface area (Å²) in [6.07, 6.45) is 0.883. The number of aryl methyl sites for hydroxylation is 1. The Bertz CT molecular complexity index is 599. The predicted octanol–water partition coefficient (Wildman–Crippen LogP) is 2.15. The van der Waals surface area contributed by atoms with E-state index in [1.807, 2.05) is 41.8 Å². The second kappa shape index (κ2) is 8.74. The smallest absolute Gasteiger partial charge is 0.253 e. The molecule has 0 radical (unpaired) electrons. The van der Waals surface area contributed by atoms with Crippen molar-refractivity contribution >= 4 is 41.7 Å². The highest BCUT2D eigenvalue weighted by Crippen LogP contribution is 2.21. The SMILES string of the molecule is Cc1cc(C(=O)N2CCSCC2)ccc1NC(=O)C1CCNC1.Cl. The van der Waals surface area contributed by atoms with Gasteiger partial charge in [-0.15, -0.1) is 12.4 Å². The average molecular weight is 370 g/mol. The highest BCUT2D eigenvalue weighted by Gasteiger charge is 2.23. The van der Waals surface area contributed by atoms with Gasteiger partial charge in [-0.2, -0.15) is 11.8 Å². The van der Waals surface area contributed by atoms with Crippen molar-refractivity contribution in [3.05, 3.63) is 29.3 Å². The van der Waals surface area contributed by atoms with Crippen LogP contribution in [0.2, 0.25) is 0 Å². The summed E-state index contributed by atoms with van der Waals surface area (Å²) in [7, 11) is 0. The number of rotatable bonds is 3. The number of amides is 2. The fraction of sp³-hybridized carbons (Fsp3) is 0.529. The zero-order valence-electron chi connectivity index (χ0n) is 13.8. The summed E-state index contributed by atoms with van der Waals surface area (Å²) >= 11 is 1.89. The quantitative estimate of drug-likeness (QED) is 0.857. The van der Waals surface area contributed by atoms with E-state index in [9.17, 15) is 9.59 Å². The van der Waals surface area contributed by atoms with Crippen LogP contribution in [-0.2, 0) is 4.79 Å². The Labute approximate surface area is 153 Å². The Balaban J connectivity index is 0.00000208. The largest absolute Gasteiger partial charge is 0.337 e. The standard InChI is InChI=1S/C17H23N3O2S.ClH/c1-12-10-13(17(22)20-6-8-23-9-7-20)2-3-15(12)19-16(21)14-4-5-18-11-14;/h2-3,10,14,18H,4-9,11H2,1H3,(H,19,21);1H. The molecule has 0 aliphatic carbocycles. The third-order valence-electron chi connectivity index (χ3n) is 4.46. The molecule has 0 spiro atoms. The van der Waals surface area contributed by atoms with Crippen molar-refractivity contribution in [1.29, 1.82) is 0 Å².